The Morgan fingerprint density at radius 1 is 0.788 bits per heavy atom. The molecule has 33 heavy (non-hydrogen) atoms. The van der Waals surface area contributed by atoms with Crippen LogP contribution in [0.2, 0.25) is 0 Å². The Morgan fingerprint density at radius 2 is 1.39 bits per heavy atom. The number of hydrogen-bond donors (Lipinski definition) is 2. The molecule has 3 aromatic carbocycles. The summed E-state index contributed by atoms with van der Waals surface area (Å²) in [4.78, 5) is 40.3. The monoisotopic (exact) mass is 443 g/mol. The molecule has 170 valence electrons. The van der Waals surface area contributed by atoms with Gasteiger partial charge in [-0.25, -0.2) is 0 Å². The third kappa shape index (κ3) is 6.53. The highest BCUT2D eigenvalue weighted by Gasteiger charge is 2.22. The number of carbonyl (C=O) groups excluding carboxylic acids is 3. The molecule has 1 unspecified atom stereocenters. The van der Waals surface area contributed by atoms with Gasteiger partial charge in [0.25, 0.3) is 11.8 Å². The lowest BCUT2D eigenvalue weighted by atomic mass is 10.0. The van der Waals surface area contributed by atoms with E-state index >= 15 is 0 Å². The van der Waals surface area contributed by atoms with Crippen molar-refractivity contribution >= 4 is 23.4 Å². The predicted octanol–water partition coefficient (Wildman–Crippen LogP) is 4.15. The Hall–Kier alpha value is -3.93. The molecule has 0 aliphatic heterocycles. The van der Waals surface area contributed by atoms with E-state index in [0.717, 1.165) is 5.56 Å². The van der Waals surface area contributed by atoms with Crippen LogP contribution in [0, 0.1) is 0 Å². The Kier molecular flexibility index (Phi) is 8.36. The highest BCUT2D eigenvalue weighted by Crippen LogP contribution is 2.14. The number of benzene rings is 3. The maximum atomic E-state index is 13.2. The molecular formula is C27H29N3O3. The van der Waals surface area contributed by atoms with Crippen molar-refractivity contribution in [1.82, 2.24) is 10.2 Å². The highest BCUT2D eigenvalue weighted by molar-refractivity contribution is 6.02. The first-order valence-electron chi connectivity index (χ1n) is 11.1. The van der Waals surface area contributed by atoms with Crippen LogP contribution in [0.3, 0.4) is 0 Å². The second-order valence-electron chi connectivity index (χ2n) is 7.63. The molecule has 0 radical (unpaired) electrons. The largest absolute Gasteiger partial charge is 0.340 e. The normalized spacial score (nSPS) is 11.3. The molecule has 0 saturated carbocycles. The van der Waals surface area contributed by atoms with Gasteiger partial charge in [-0.05, 0) is 49.7 Å². The van der Waals surface area contributed by atoms with Crippen molar-refractivity contribution in [2.24, 2.45) is 0 Å². The van der Waals surface area contributed by atoms with Crippen LogP contribution in [-0.2, 0) is 11.2 Å². The van der Waals surface area contributed by atoms with E-state index in [1.165, 1.54) is 0 Å². The van der Waals surface area contributed by atoms with Gasteiger partial charge in [0.2, 0.25) is 5.91 Å². The van der Waals surface area contributed by atoms with Crippen LogP contribution < -0.4 is 10.6 Å². The molecular weight excluding hydrogens is 414 g/mol. The summed E-state index contributed by atoms with van der Waals surface area (Å²) in [6, 6.07) is 24.4. The molecule has 0 saturated heterocycles. The second-order valence-corrected chi connectivity index (χ2v) is 7.63. The minimum atomic E-state index is -0.790. The van der Waals surface area contributed by atoms with Gasteiger partial charge in [0.15, 0.2) is 0 Å². The zero-order valence-electron chi connectivity index (χ0n) is 19.0. The third-order valence-corrected chi connectivity index (χ3v) is 5.37. The summed E-state index contributed by atoms with van der Waals surface area (Å²) in [6.45, 7) is 5.07. The predicted molar refractivity (Wildman–Crippen MR) is 130 cm³/mol. The van der Waals surface area contributed by atoms with Gasteiger partial charge in [0.05, 0.1) is 0 Å². The van der Waals surface area contributed by atoms with Gasteiger partial charge >= 0.3 is 0 Å². The Balaban J connectivity index is 1.79. The van der Waals surface area contributed by atoms with E-state index < -0.39 is 6.04 Å². The molecule has 1 atom stereocenters. The average Bonchev–Trinajstić information content (AvgIpc) is 2.85. The van der Waals surface area contributed by atoms with Crippen LogP contribution in [0.1, 0.15) is 40.1 Å². The smallest absolute Gasteiger partial charge is 0.253 e. The molecule has 6 heteroatoms. The Morgan fingerprint density at radius 3 is 2.03 bits per heavy atom. The Bertz CT molecular complexity index is 1080. The lowest BCUT2D eigenvalue weighted by molar-refractivity contribution is -0.118. The fourth-order valence-corrected chi connectivity index (χ4v) is 3.54. The number of anilines is 1. The third-order valence-electron chi connectivity index (χ3n) is 5.37. The van der Waals surface area contributed by atoms with Crippen LogP contribution in [0.4, 0.5) is 5.69 Å². The van der Waals surface area contributed by atoms with Gasteiger partial charge in [0, 0.05) is 36.3 Å². The minimum absolute atomic E-state index is 0.0886. The quantitative estimate of drug-likeness (QED) is 0.522. The molecule has 0 aliphatic carbocycles. The first-order chi connectivity index (χ1) is 16.0. The fourth-order valence-electron chi connectivity index (χ4n) is 3.54. The van der Waals surface area contributed by atoms with Crippen molar-refractivity contribution in [1.29, 1.82) is 0 Å². The summed E-state index contributed by atoms with van der Waals surface area (Å²) >= 11 is 0. The lowest BCUT2D eigenvalue weighted by Gasteiger charge is -2.20. The van der Waals surface area contributed by atoms with Crippen LogP contribution in [0.15, 0.2) is 84.9 Å². The van der Waals surface area contributed by atoms with Gasteiger partial charge in [-0.15, -0.1) is 0 Å². The Labute approximate surface area is 194 Å². The zero-order chi connectivity index (χ0) is 23.6. The number of nitrogens with zero attached hydrogens (tertiary/aromatic N) is 1. The van der Waals surface area contributed by atoms with E-state index in [1.807, 2.05) is 50.2 Å². The molecule has 0 aliphatic rings. The van der Waals surface area contributed by atoms with E-state index in [1.54, 1.807) is 53.4 Å². The van der Waals surface area contributed by atoms with Gasteiger partial charge in [-0.3, -0.25) is 14.4 Å². The summed E-state index contributed by atoms with van der Waals surface area (Å²) in [5.41, 5.74) is 2.42. The van der Waals surface area contributed by atoms with E-state index in [0.29, 0.717) is 36.3 Å². The SMILES string of the molecule is CCN(CC)C(=O)c1cccc(NC(=O)C(Cc2ccccc2)NC(=O)c2ccccc2)c1. The first-order valence-corrected chi connectivity index (χ1v) is 11.1. The van der Waals surface area contributed by atoms with Gasteiger partial charge < -0.3 is 15.5 Å². The molecule has 2 N–H and O–H groups in total. The van der Waals surface area contributed by atoms with Crippen LogP contribution in [0.25, 0.3) is 0 Å². The maximum absolute atomic E-state index is 13.2. The summed E-state index contributed by atoms with van der Waals surface area (Å²) in [5, 5.41) is 5.71. The molecule has 0 heterocycles. The summed E-state index contributed by atoms with van der Waals surface area (Å²) in [6.07, 6.45) is 0.337. The summed E-state index contributed by atoms with van der Waals surface area (Å²) < 4.78 is 0. The van der Waals surface area contributed by atoms with E-state index in [2.05, 4.69) is 10.6 Å². The molecule has 3 amide bonds. The van der Waals surface area contributed by atoms with Crippen LogP contribution >= 0.6 is 0 Å². The minimum Gasteiger partial charge on any atom is -0.340 e. The molecule has 3 rings (SSSR count). The van der Waals surface area contributed by atoms with Gasteiger partial charge in [-0.1, -0.05) is 54.6 Å². The second kappa shape index (κ2) is 11.6. The molecule has 0 aromatic heterocycles. The fraction of sp³-hybridized carbons (Fsp3) is 0.222. The molecule has 3 aromatic rings. The van der Waals surface area contributed by atoms with Crippen molar-refractivity contribution in [3.05, 3.63) is 102 Å². The van der Waals surface area contributed by atoms with Crippen LogP contribution in [-0.4, -0.2) is 41.8 Å². The maximum Gasteiger partial charge on any atom is 0.253 e. The topological polar surface area (TPSA) is 78.5 Å². The van der Waals surface area contributed by atoms with E-state index in [4.69, 9.17) is 0 Å². The van der Waals surface area contributed by atoms with E-state index in [-0.39, 0.29) is 17.7 Å². The number of hydrogen-bond acceptors (Lipinski definition) is 3. The van der Waals surface area contributed by atoms with E-state index in [9.17, 15) is 14.4 Å². The number of nitrogens with one attached hydrogen (secondary N) is 2. The van der Waals surface area contributed by atoms with Gasteiger partial charge in [0.1, 0.15) is 6.04 Å². The number of carbonyl (C=O) groups is 3. The standard InChI is InChI=1S/C27H29N3O3/c1-3-30(4-2)27(33)22-16-11-17-23(19-22)28-26(32)24(18-20-12-7-5-8-13-20)29-25(31)21-14-9-6-10-15-21/h5-17,19,24H,3-4,18H2,1-2H3,(H,28,32)(H,29,31). The molecule has 0 fully saturated rings. The number of amides is 3. The van der Waals surface area contributed by atoms with Crippen molar-refractivity contribution in [3.63, 3.8) is 0 Å². The summed E-state index contributed by atoms with van der Waals surface area (Å²) in [7, 11) is 0. The zero-order valence-corrected chi connectivity index (χ0v) is 19.0. The van der Waals surface area contributed by atoms with Crippen LogP contribution in [0.5, 0.6) is 0 Å². The average molecular weight is 444 g/mol. The first kappa shape index (κ1) is 23.7. The lowest BCUT2D eigenvalue weighted by Crippen LogP contribution is -2.45. The van der Waals surface area contributed by atoms with Crippen molar-refractivity contribution < 1.29 is 14.4 Å². The number of rotatable bonds is 9. The molecule has 0 bridgehead atoms. The van der Waals surface area contributed by atoms with Gasteiger partial charge in [-0.2, -0.15) is 0 Å². The summed E-state index contributed by atoms with van der Waals surface area (Å²) in [5.74, 6) is -0.762. The molecule has 0 spiro atoms. The molecule has 6 nitrogen and oxygen atoms in total. The highest BCUT2D eigenvalue weighted by atomic mass is 16.2. The van der Waals surface area contributed by atoms with Crippen molar-refractivity contribution in [3.8, 4) is 0 Å². The van der Waals surface area contributed by atoms with Crippen molar-refractivity contribution in [2.45, 2.75) is 26.3 Å². The van der Waals surface area contributed by atoms with Crippen molar-refractivity contribution in [2.75, 3.05) is 18.4 Å².